The Balaban J connectivity index is 0.000000214. The molecule has 0 atom stereocenters. The summed E-state index contributed by atoms with van der Waals surface area (Å²) in [5.74, 6) is 7.69. The van der Waals surface area contributed by atoms with Crippen LogP contribution in [0.5, 0.6) is 0 Å². The maximum atomic E-state index is 15.0. The number of nitrogens with zero attached hydrogens (tertiary/aromatic N) is 3. The third-order valence-electron chi connectivity index (χ3n) is 14.7. The number of rotatable bonds is 10. The monoisotopic (exact) mass is 1260 g/mol. The van der Waals surface area contributed by atoms with Crippen LogP contribution in [0.25, 0.3) is 104 Å². The summed E-state index contributed by atoms with van der Waals surface area (Å²) in [6, 6.07) is 78.9. The van der Waals surface area contributed by atoms with Gasteiger partial charge in [-0.3, -0.25) is 4.98 Å². The molecule has 77 heavy (non-hydrogen) atoms. The van der Waals surface area contributed by atoms with Crippen LogP contribution in [0.4, 0.5) is 4.39 Å². The number of benzene rings is 9. The zero-order valence-electron chi connectivity index (χ0n) is 45.4. The van der Waals surface area contributed by atoms with Crippen LogP contribution in [0, 0.1) is 23.9 Å². The first kappa shape index (κ1) is 49.5. The number of hydrogen-bond donors (Lipinski definition) is 0. The van der Waals surface area contributed by atoms with Crippen molar-refractivity contribution in [3.63, 3.8) is 0 Å². The average Bonchev–Trinajstić information content (AvgIpc) is 4.28. The minimum atomic E-state index is -2.23. The molecule has 13 rings (SSSR count). The van der Waals surface area contributed by atoms with Gasteiger partial charge >= 0.3 is 146 Å². The van der Waals surface area contributed by atoms with Gasteiger partial charge in [-0.15, -0.1) is 12.1 Å². The van der Waals surface area contributed by atoms with Crippen LogP contribution in [-0.4, -0.2) is 27.8 Å². The third-order valence-corrected chi connectivity index (χ3v) is 20.1. The predicted molar refractivity (Wildman–Crippen MR) is 322 cm³/mol. The molecule has 0 spiro atoms. The van der Waals surface area contributed by atoms with E-state index in [2.05, 4.69) is 178 Å². The molecule has 381 valence electrons. The van der Waals surface area contributed by atoms with Crippen LogP contribution < -0.4 is 4.40 Å². The van der Waals surface area contributed by atoms with Gasteiger partial charge in [0.05, 0.1) is 16.9 Å². The smallest absolute Gasteiger partial charge is 0 e. The second-order valence-electron chi connectivity index (χ2n) is 20.8. The molecule has 1 fully saturated rings. The molecule has 1 saturated carbocycles. The third kappa shape index (κ3) is 10.8. The molecule has 0 saturated heterocycles. The van der Waals surface area contributed by atoms with Crippen molar-refractivity contribution >= 4 is 60.2 Å². The molecule has 0 amide bonds. The van der Waals surface area contributed by atoms with Gasteiger partial charge in [0.2, 0.25) is 0 Å². The van der Waals surface area contributed by atoms with Crippen LogP contribution >= 0.6 is 11.3 Å². The van der Waals surface area contributed by atoms with Crippen molar-refractivity contribution in [1.82, 2.24) is 14.5 Å². The molecule has 3 aromatic heterocycles. The molecule has 3 heterocycles. The van der Waals surface area contributed by atoms with Crippen molar-refractivity contribution in [2.45, 2.75) is 55.7 Å². The second-order valence-corrected chi connectivity index (χ2v) is 32.4. The molecule has 9 aromatic carbocycles. The topological polar surface area (TPSA) is 30.7 Å². The summed E-state index contributed by atoms with van der Waals surface area (Å²) in [7, 11) is 0. The van der Waals surface area contributed by atoms with E-state index in [4.69, 9.17) is 7.73 Å². The summed E-state index contributed by atoms with van der Waals surface area (Å²) in [5, 5.41) is 2.27. The molecular formula is C70H58FGeIrN3S-2. The van der Waals surface area contributed by atoms with E-state index in [1.807, 2.05) is 66.9 Å². The molecule has 3 nitrogen and oxygen atoms in total. The molecule has 1 radical (unpaired) electrons. The van der Waals surface area contributed by atoms with Gasteiger partial charge in [0.1, 0.15) is 5.82 Å². The molecule has 1 aliphatic carbocycles. The van der Waals surface area contributed by atoms with Gasteiger partial charge in [-0.25, -0.2) is 4.39 Å². The van der Waals surface area contributed by atoms with E-state index in [9.17, 15) is 0 Å². The first-order valence-electron chi connectivity index (χ1n) is 27.4. The number of imidazole rings is 1. The van der Waals surface area contributed by atoms with E-state index in [-0.39, 0.29) is 31.8 Å². The van der Waals surface area contributed by atoms with Gasteiger partial charge < -0.3 is 4.57 Å². The fourth-order valence-corrected chi connectivity index (χ4v) is 15.1. The Labute approximate surface area is 475 Å². The molecule has 12 aromatic rings. The largest absolute Gasteiger partial charge is 0 e. The molecule has 0 unspecified atom stereocenters. The van der Waals surface area contributed by atoms with Crippen molar-refractivity contribution in [2.75, 3.05) is 0 Å². The Hall–Kier alpha value is -7.06. The summed E-state index contributed by atoms with van der Waals surface area (Å²) in [6.45, 7) is 0. The summed E-state index contributed by atoms with van der Waals surface area (Å²) in [5.41, 5.74) is 14.8. The molecule has 0 bridgehead atoms. The van der Waals surface area contributed by atoms with Crippen LogP contribution in [0.3, 0.4) is 0 Å². The normalized spacial score (nSPS) is 13.4. The predicted octanol–water partition coefficient (Wildman–Crippen LogP) is 18.9. The maximum absolute atomic E-state index is 15.0. The van der Waals surface area contributed by atoms with Crippen molar-refractivity contribution in [1.29, 1.82) is 0 Å². The Morgan fingerprint density at radius 1 is 0.636 bits per heavy atom. The summed E-state index contributed by atoms with van der Waals surface area (Å²) < 4.78 is 38.7. The minimum Gasteiger partial charge on any atom is 0 e. The number of hydrogen-bond acceptors (Lipinski definition) is 3. The van der Waals surface area contributed by atoms with E-state index in [0.29, 0.717) is 5.56 Å². The van der Waals surface area contributed by atoms with Crippen molar-refractivity contribution < 1.29 is 27.2 Å². The van der Waals surface area contributed by atoms with Gasteiger partial charge in [0.25, 0.3) is 0 Å². The standard InChI is InChI=1S/C49H30FN2S.C21H28GeN.Ir/c50-42-21-11-10-20-37(42)36-24-26-39-46(31-36)53-48-40(28-27-38(47(39)48)33-16-6-2-7-17-33)49-51-43-22-12-13-23-45(43)52(49)44-29-25-35(32-14-4-1-5-15-32)30-41(44)34-18-8-3-9-19-34;1-22(2,3)20-16-23-21(18-12-8-5-9-13-18)15-19(20)14-17-10-6-4-7-11-17;/h1-27,29-31H;5,8-9,12,15-17H,4,6-7,10-11,14H2,1-3H3;/q2*-1;/i;14D2;. The zero-order chi connectivity index (χ0) is 53.4. The Bertz CT molecular complexity index is 4100. The molecule has 0 aliphatic heterocycles. The Morgan fingerprint density at radius 2 is 1.30 bits per heavy atom. The summed E-state index contributed by atoms with van der Waals surface area (Å²) >= 11 is -0.517. The van der Waals surface area contributed by atoms with E-state index in [1.165, 1.54) is 22.4 Å². The van der Waals surface area contributed by atoms with E-state index < -0.39 is 19.6 Å². The van der Waals surface area contributed by atoms with E-state index in [0.717, 1.165) is 124 Å². The minimum absolute atomic E-state index is 0. The number of pyridine rings is 1. The molecule has 0 N–H and O–H groups in total. The summed E-state index contributed by atoms with van der Waals surface area (Å²) in [4.78, 5) is 10.0. The van der Waals surface area contributed by atoms with E-state index >= 15 is 4.39 Å². The van der Waals surface area contributed by atoms with Crippen LogP contribution in [0.15, 0.2) is 219 Å². The Kier molecular flexibility index (Phi) is 14.7. The molecule has 7 heteroatoms. The quantitative estimate of drug-likeness (QED) is 0.101. The first-order chi connectivity index (χ1) is 38.0. The number of halogens is 1. The van der Waals surface area contributed by atoms with Crippen molar-refractivity contribution in [3.05, 3.63) is 242 Å². The number of aromatic nitrogens is 3. The maximum Gasteiger partial charge on any atom is 0 e. The number of fused-ring (bicyclic) bond motifs is 4. The zero-order valence-corrected chi connectivity index (χ0v) is 48.7. The second kappa shape index (κ2) is 22.9. The number of para-hydroxylation sites is 2. The van der Waals surface area contributed by atoms with Crippen LogP contribution in [0.1, 0.15) is 40.4 Å². The summed E-state index contributed by atoms with van der Waals surface area (Å²) in [6.07, 6.45) is 6.24. The van der Waals surface area contributed by atoms with Crippen LogP contribution in [0.2, 0.25) is 17.3 Å². The SMILES string of the molecule is Fc1ccccc1-c1ccc2c(c1)sc1c(-c3nc4ccccc4n3-c3ccc(-c4ccccc4)cc3-c3ccccc3)[c-]cc(-c3ccccc3)c12.[2H]C([2H])(c1cc(-c2[c-]cccc2)nc[c]1[Ge]([CH3])([CH3])[CH3])C1CCCCC1.[Ir]. The van der Waals surface area contributed by atoms with Crippen LogP contribution in [-0.2, 0) is 26.5 Å². The van der Waals surface area contributed by atoms with Gasteiger partial charge in [0.15, 0.2) is 0 Å². The van der Waals surface area contributed by atoms with Gasteiger partial charge in [0, 0.05) is 41.6 Å². The fraction of sp³-hybridized carbons (Fsp3) is 0.143. The first-order valence-corrected chi connectivity index (χ1v) is 34.6. The fourth-order valence-electron chi connectivity index (χ4n) is 10.9. The van der Waals surface area contributed by atoms with Gasteiger partial charge in [-0.2, -0.15) is 11.3 Å². The number of thiophene rings is 1. The van der Waals surface area contributed by atoms with E-state index in [1.54, 1.807) is 17.4 Å². The molecule has 1 aliphatic rings. The van der Waals surface area contributed by atoms with Crippen molar-refractivity contribution in [3.8, 4) is 72.8 Å². The average molecular weight is 1260 g/mol. The molecular weight excluding hydrogens is 1200 g/mol. The van der Waals surface area contributed by atoms with Gasteiger partial charge in [-0.1, -0.05) is 162 Å². The van der Waals surface area contributed by atoms with Gasteiger partial charge in [-0.05, 0) is 68.7 Å². The van der Waals surface area contributed by atoms with Crippen molar-refractivity contribution in [2.24, 2.45) is 5.92 Å². The Morgan fingerprint density at radius 3 is 2.01 bits per heavy atom.